The third-order valence-corrected chi connectivity index (χ3v) is 3.58. The number of carboxylic acid groups (broad SMARTS) is 1. The molecule has 3 N–H and O–H groups in total. The van der Waals surface area contributed by atoms with E-state index in [0.29, 0.717) is 23.3 Å². The van der Waals surface area contributed by atoms with Crippen LogP contribution in [0, 0.1) is 19.3 Å². The van der Waals surface area contributed by atoms with E-state index in [1.165, 1.54) is 0 Å². The van der Waals surface area contributed by atoms with Crippen molar-refractivity contribution in [2.75, 3.05) is 5.73 Å². The molecule has 0 bridgehead atoms. The van der Waals surface area contributed by atoms with Gasteiger partial charge in [-0.25, -0.2) is 9.78 Å². The molecule has 0 amide bonds. The van der Waals surface area contributed by atoms with E-state index in [9.17, 15) is 9.90 Å². The highest BCUT2D eigenvalue weighted by Crippen LogP contribution is 2.34. The summed E-state index contributed by atoms with van der Waals surface area (Å²) >= 11 is 0. The molecular weight excluding hydrogens is 266 g/mol. The third-order valence-electron chi connectivity index (χ3n) is 3.58. The van der Waals surface area contributed by atoms with E-state index in [-0.39, 0.29) is 11.3 Å². The number of nitrogens with two attached hydrogens (primary N) is 1. The van der Waals surface area contributed by atoms with Crippen molar-refractivity contribution in [1.82, 2.24) is 9.55 Å². The van der Waals surface area contributed by atoms with Crippen molar-refractivity contribution >= 4 is 33.6 Å². The van der Waals surface area contributed by atoms with Gasteiger partial charge in [-0.3, -0.25) is 0 Å². The molecule has 0 atom stereocenters. The molecule has 0 aliphatic carbocycles. The lowest BCUT2D eigenvalue weighted by Crippen LogP contribution is -2.08. The SMILES string of the molecule is C#CCn1c2ccccc2c2c(N)c(C(=O)O)c(C)nc21. The number of para-hydroxylation sites is 1. The van der Waals surface area contributed by atoms with Crippen molar-refractivity contribution in [3.8, 4) is 12.3 Å². The summed E-state index contributed by atoms with van der Waals surface area (Å²) in [5.41, 5.74) is 8.29. The van der Waals surface area contributed by atoms with Crippen LogP contribution in [0.1, 0.15) is 16.1 Å². The molecule has 0 spiro atoms. The average Bonchev–Trinajstić information content (AvgIpc) is 2.73. The molecule has 0 aliphatic heterocycles. The minimum Gasteiger partial charge on any atom is -0.478 e. The van der Waals surface area contributed by atoms with Crippen molar-refractivity contribution in [1.29, 1.82) is 0 Å². The summed E-state index contributed by atoms with van der Waals surface area (Å²) in [6, 6.07) is 7.59. The van der Waals surface area contributed by atoms with Crippen LogP contribution >= 0.6 is 0 Å². The molecule has 5 nitrogen and oxygen atoms in total. The molecular formula is C16H13N3O2. The Morgan fingerprint density at radius 1 is 1.48 bits per heavy atom. The van der Waals surface area contributed by atoms with Gasteiger partial charge in [0.25, 0.3) is 0 Å². The number of carbonyl (C=O) groups is 1. The van der Waals surface area contributed by atoms with Crippen molar-refractivity contribution in [2.45, 2.75) is 13.5 Å². The number of hydrogen-bond acceptors (Lipinski definition) is 3. The molecule has 2 heterocycles. The minimum atomic E-state index is -1.08. The van der Waals surface area contributed by atoms with Gasteiger partial charge in [-0.2, -0.15) is 0 Å². The van der Waals surface area contributed by atoms with Crippen LogP contribution in [-0.2, 0) is 6.54 Å². The smallest absolute Gasteiger partial charge is 0.339 e. The van der Waals surface area contributed by atoms with Crippen molar-refractivity contribution < 1.29 is 9.90 Å². The van der Waals surface area contributed by atoms with Gasteiger partial charge in [-0.05, 0) is 13.0 Å². The maximum Gasteiger partial charge on any atom is 0.339 e. The van der Waals surface area contributed by atoms with E-state index in [1.54, 1.807) is 6.92 Å². The van der Waals surface area contributed by atoms with Crippen LogP contribution in [0.4, 0.5) is 5.69 Å². The molecule has 104 valence electrons. The summed E-state index contributed by atoms with van der Waals surface area (Å²) in [6.45, 7) is 1.99. The average molecular weight is 279 g/mol. The standard InChI is InChI=1S/C16H13N3O2/c1-3-8-19-11-7-5-4-6-10(11)13-14(17)12(16(20)21)9(2)18-15(13)19/h1,4-7H,8H2,2H3,(H2,17,18)(H,20,21). The lowest BCUT2D eigenvalue weighted by Gasteiger charge is -2.07. The summed E-state index contributed by atoms with van der Waals surface area (Å²) in [6.07, 6.45) is 5.43. The van der Waals surface area contributed by atoms with E-state index in [1.807, 2.05) is 28.8 Å². The van der Waals surface area contributed by atoms with Crippen molar-refractivity contribution in [3.05, 3.63) is 35.5 Å². The van der Waals surface area contributed by atoms with Gasteiger partial charge in [0.05, 0.1) is 28.8 Å². The van der Waals surface area contributed by atoms with Crippen molar-refractivity contribution in [2.24, 2.45) is 0 Å². The zero-order valence-electron chi connectivity index (χ0n) is 11.4. The van der Waals surface area contributed by atoms with Crippen LogP contribution in [0.5, 0.6) is 0 Å². The van der Waals surface area contributed by atoms with E-state index >= 15 is 0 Å². The lowest BCUT2D eigenvalue weighted by molar-refractivity contribution is 0.0697. The monoisotopic (exact) mass is 279 g/mol. The first kappa shape index (κ1) is 13.0. The molecule has 2 aromatic heterocycles. The van der Waals surface area contributed by atoms with Crippen LogP contribution in [-0.4, -0.2) is 20.6 Å². The Morgan fingerprint density at radius 2 is 2.19 bits per heavy atom. The van der Waals surface area contributed by atoms with E-state index in [0.717, 1.165) is 10.9 Å². The van der Waals surface area contributed by atoms with E-state index < -0.39 is 5.97 Å². The third kappa shape index (κ3) is 1.73. The highest BCUT2D eigenvalue weighted by molar-refractivity contribution is 6.16. The number of aromatic nitrogens is 2. The van der Waals surface area contributed by atoms with Gasteiger partial charge >= 0.3 is 5.97 Å². The summed E-state index contributed by atoms with van der Waals surface area (Å²) in [4.78, 5) is 15.8. The number of nitrogens with zero attached hydrogens (tertiary/aromatic N) is 2. The van der Waals surface area contributed by atoms with Crippen LogP contribution in [0.3, 0.4) is 0 Å². The summed E-state index contributed by atoms with van der Waals surface area (Å²) in [5.74, 6) is 1.52. The Bertz CT molecular complexity index is 932. The van der Waals surface area contributed by atoms with Crippen LogP contribution < -0.4 is 5.73 Å². The second-order valence-corrected chi connectivity index (χ2v) is 4.80. The van der Waals surface area contributed by atoms with Gasteiger partial charge in [0, 0.05) is 5.39 Å². The van der Waals surface area contributed by atoms with Crippen LogP contribution in [0.2, 0.25) is 0 Å². The molecule has 3 rings (SSSR count). The number of terminal acetylenes is 1. The molecule has 1 aromatic carbocycles. The number of pyridine rings is 1. The van der Waals surface area contributed by atoms with Crippen LogP contribution in [0.25, 0.3) is 21.9 Å². The Hall–Kier alpha value is -3.00. The number of aromatic carboxylic acids is 1. The van der Waals surface area contributed by atoms with E-state index in [2.05, 4.69) is 10.9 Å². The molecule has 5 heteroatoms. The maximum absolute atomic E-state index is 11.4. The quantitative estimate of drug-likeness (QED) is 0.706. The van der Waals surface area contributed by atoms with Gasteiger partial charge in [-0.1, -0.05) is 24.1 Å². The fourth-order valence-electron chi connectivity index (χ4n) is 2.73. The topological polar surface area (TPSA) is 81.1 Å². The normalized spacial score (nSPS) is 10.9. The molecule has 0 fully saturated rings. The summed E-state index contributed by atoms with van der Waals surface area (Å²) in [5, 5.41) is 10.8. The van der Waals surface area contributed by atoms with Gasteiger partial charge in [0.2, 0.25) is 0 Å². The second kappa shape index (κ2) is 4.53. The molecule has 0 saturated heterocycles. The van der Waals surface area contributed by atoms with Gasteiger partial charge in [0.1, 0.15) is 11.2 Å². The zero-order valence-corrected chi connectivity index (χ0v) is 11.4. The molecule has 0 unspecified atom stereocenters. The number of nitrogen functional groups attached to an aromatic ring is 1. The van der Waals surface area contributed by atoms with Gasteiger partial charge < -0.3 is 15.4 Å². The zero-order chi connectivity index (χ0) is 15.1. The Labute approximate surface area is 121 Å². The molecule has 0 aliphatic rings. The first-order valence-electron chi connectivity index (χ1n) is 6.40. The van der Waals surface area contributed by atoms with Gasteiger partial charge in [0.15, 0.2) is 0 Å². The van der Waals surface area contributed by atoms with Gasteiger partial charge in [-0.15, -0.1) is 6.42 Å². The number of carboxylic acids is 1. The first-order chi connectivity index (χ1) is 10.1. The lowest BCUT2D eigenvalue weighted by atomic mass is 10.1. The molecule has 0 radical (unpaired) electrons. The summed E-state index contributed by atoms with van der Waals surface area (Å²) in [7, 11) is 0. The second-order valence-electron chi connectivity index (χ2n) is 4.80. The highest BCUT2D eigenvalue weighted by atomic mass is 16.4. The van der Waals surface area contributed by atoms with Crippen molar-refractivity contribution in [3.63, 3.8) is 0 Å². The minimum absolute atomic E-state index is 0.0473. The van der Waals surface area contributed by atoms with E-state index in [4.69, 9.17) is 12.2 Å². The fraction of sp³-hybridized carbons (Fsp3) is 0.125. The number of aryl methyl sites for hydroxylation is 1. The maximum atomic E-state index is 11.4. The highest BCUT2D eigenvalue weighted by Gasteiger charge is 2.21. The number of benzene rings is 1. The number of hydrogen-bond donors (Lipinski definition) is 2. The Balaban J connectivity index is 2.59. The molecule has 21 heavy (non-hydrogen) atoms. The molecule has 3 aromatic rings. The number of rotatable bonds is 2. The first-order valence-corrected chi connectivity index (χ1v) is 6.40. The fourth-order valence-corrected chi connectivity index (χ4v) is 2.73. The summed E-state index contributed by atoms with van der Waals surface area (Å²) < 4.78 is 1.87. The number of anilines is 1. The Kier molecular flexibility index (Phi) is 2.80. The van der Waals surface area contributed by atoms with Crippen LogP contribution in [0.15, 0.2) is 24.3 Å². The largest absolute Gasteiger partial charge is 0.478 e. The number of fused-ring (bicyclic) bond motifs is 3. The Morgan fingerprint density at radius 3 is 2.86 bits per heavy atom. The predicted octanol–water partition coefficient (Wildman–Crippen LogP) is 2.41. The molecule has 0 saturated carbocycles. The predicted molar refractivity (Wildman–Crippen MR) is 82.2 cm³/mol.